The van der Waals surface area contributed by atoms with E-state index in [4.69, 9.17) is 4.74 Å². The third-order valence-electron chi connectivity index (χ3n) is 2.31. The molecule has 0 aliphatic rings. The summed E-state index contributed by atoms with van der Waals surface area (Å²) < 4.78 is 6.63. The van der Waals surface area contributed by atoms with Gasteiger partial charge in [0.05, 0.1) is 0 Å². The zero-order valence-electron chi connectivity index (χ0n) is 10.4. The molecule has 0 saturated carbocycles. The zero-order valence-corrected chi connectivity index (χ0v) is 13.3. The Bertz CT molecular complexity index is 505. The molecule has 0 aliphatic heterocycles. The third-order valence-corrected chi connectivity index (χ3v) is 3.19. The summed E-state index contributed by atoms with van der Waals surface area (Å²) in [4.78, 5) is 4.20. The molecule has 0 unspecified atom stereocenters. The fourth-order valence-electron chi connectivity index (χ4n) is 1.45. The molecule has 98 valence electrons. The second-order valence-corrected chi connectivity index (χ2v) is 5.22. The molecule has 19 heavy (non-hydrogen) atoms. The number of anilines is 1. The number of ether oxygens (including phenoxy) is 1. The van der Waals surface area contributed by atoms with Crippen molar-refractivity contribution >= 4 is 9.96 Å². The van der Waals surface area contributed by atoms with E-state index in [-0.39, 0.29) is 0 Å². The van der Waals surface area contributed by atoms with Crippen LogP contribution in [0.25, 0.3) is 0 Å². The number of nitrogens with one attached hydrogen (secondary N) is 2. The van der Waals surface area contributed by atoms with Crippen molar-refractivity contribution in [3.63, 3.8) is 0 Å². The van der Waals surface area contributed by atoms with Gasteiger partial charge in [0.25, 0.3) is 0 Å². The van der Waals surface area contributed by atoms with Crippen molar-refractivity contribution in [3.8, 4) is 5.75 Å². The van der Waals surface area contributed by atoms with Crippen molar-refractivity contribution in [2.24, 2.45) is 0 Å². The number of hydrogen-bond donors (Lipinski definition) is 2. The molecule has 4 nitrogen and oxygen atoms in total. The van der Waals surface area contributed by atoms with Crippen LogP contribution < -0.4 is 15.4 Å². The van der Waals surface area contributed by atoms with Crippen LogP contribution in [0.2, 0.25) is 0 Å². The molecule has 0 saturated heterocycles. The van der Waals surface area contributed by atoms with Crippen LogP contribution in [0.5, 0.6) is 5.75 Å². The Hall–Kier alpha value is -1.51. The minimum atomic E-state index is 0.630. The first-order valence-electron chi connectivity index (χ1n) is 5.98. The minimum absolute atomic E-state index is 0.630. The summed E-state index contributed by atoms with van der Waals surface area (Å²) in [6.07, 6.45) is 1.77. The molecular weight excluding hydrogens is 410 g/mol. The summed E-state index contributed by atoms with van der Waals surface area (Å²) in [5, 5.41) is 6.50. The second kappa shape index (κ2) is 7.82. The van der Waals surface area contributed by atoms with E-state index in [1.807, 2.05) is 48.5 Å². The van der Waals surface area contributed by atoms with Gasteiger partial charge < -0.3 is 0 Å². The zero-order chi connectivity index (χ0) is 13.3. The molecular formula is C14H15N3OW. The van der Waals surface area contributed by atoms with Crippen LogP contribution in [0, 0.1) is 0 Å². The van der Waals surface area contributed by atoms with Crippen molar-refractivity contribution in [2.45, 2.75) is 0 Å². The van der Waals surface area contributed by atoms with E-state index < -0.39 is 0 Å². The Labute approximate surface area is 123 Å². The van der Waals surface area contributed by atoms with Crippen LogP contribution in [0.4, 0.5) is 5.82 Å². The van der Waals surface area contributed by atoms with E-state index in [1.54, 1.807) is 6.20 Å². The molecule has 1 heterocycles. The number of para-hydroxylation sites is 1. The molecule has 1 aromatic heterocycles. The summed E-state index contributed by atoms with van der Waals surface area (Å²) in [5.74, 6) is 1.75. The predicted octanol–water partition coefficient (Wildman–Crippen LogP) is 1.80. The molecule has 2 rings (SSSR count). The SMILES string of the molecule is [W]=[C](NCCOc1ccccc1)Nc1ccccn1. The average Bonchev–Trinajstić information content (AvgIpc) is 2.46. The Morgan fingerprint density at radius 3 is 2.63 bits per heavy atom. The fourth-order valence-corrected chi connectivity index (χ4v) is 2.19. The number of hydrogen-bond acceptors (Lipinski definition) is 4. The maximum absolute atomic E-state index is 5.60. The van der Waals surface area contributed by atoms with Gasteiger partial charge in [0.2, 0.25) is 0 Å². The number of nitrogens with zero attached hydrogens (tertiary/aromatic N) is 1. The van der Waals surface area contributed by atoms with E-state index in [2.05, 4.69) is 15.6 Å². The van der Waals surface area contributed by atoms with Gasteiger partial charge in [0, 0.05) is 0 Å². The van der Waals surface area contributed by atoms with E-state index in [0.29, 0.717) is 6.61 Å². The van der Waals surface area contributed by atoms with Crippen LogP contribution >= 0.6 is 0 Å². The first-order chi connectivity index (χ1) is 9.34. The van der Waals surface area contributed by atoms with Crippen molar-refractivity contribution in [2.75, 3.05) is 18.5 Å². The molecule has 2 aromatic rings. The Kier molecular flexibility index (Phi) is 5.73. The van der Waals surface area contributed by atoms with E-state index in [1.165, 1.54) is 19.4 Å². The molecule has 0 bridgehead atoms. The summed E-state index contributed by atoms with van der Waals surface area (Å²) in [6.45, 7) is 1.39. The van der Waals surface area contributed by atoms with Crippen molar-refractivity contribution in [3.05, 3.63) is 54.7 Å². The standard InChI is InChI=1S/C14H15N3O.W/c1-2-6-13(7-3-1)18-11-10-15-12-17-14-8-4-5-9-16-14;/h1-9,15H,10-11H2,(H,16,17);. The van der Waals surface area contributed by atoms with E-state index in [9.17, 15) is 0 Å². The molecule has 1 aromatic carbocycles. The quantitative estimate of drug-likeness (QED) is 0.665. The maximum atomic E-state index is 5.60. The van der Waals surface area contributed by atoms with Crippen molar-refractivity contribution in [1.29, 1.82) is 0 Å². The number of rotatable bonds is 7. The number of aromatic nitrogens is 1. The summed E-state index contributed by atoms with van der Waals surface area (Å²) >= 11 is 1.33. The van der Waals surface area contributed by atoms with Gasteiger partial charge in [-0.2, -0.15) is 0 Å². The van der Waals surface area contributed by atoms with E-state index >= 15 is 0 Å². The molecule has 0 atom stereocenters. The van der Waals surface area contributed by atoms with Crippen molar-refractivity contribution in [1.82, 2.24) is 10.3 Å². The topological polar surface area (TPSA) is 46.2 Å². The fraction of sp³-hybridized carbons (Fsp3) is 0.143. The predicted molar refractivity (Wildman–Crippen MR) is 72.8 cm³/mol. The van der Waals surface area contributed by atoms with E-state index in [0.717, 1.165) is 22.3 Å². The van der Waals surface area contributed by atoms with Gasteiger partial charge in [-0.25, -0.2) is 0 Å². The summed E-state index contributed by atoms with van der Waals surface area (Å²) in [7, 11) is 0. The van der Waals surface area contributed by atoms with Gasteiger partial charge in [-0.3, -0.25) is 0 Å². The molecule has 0 amide bonds. The van der Waals surface area contributed by atoms with Gasteiger partial charge in [-0.1, -0.05) is 0 Å². The van der Waals surface area contributed by atoms with Gasteiger partial charge in [0.1, 0.15) is 0 Å². The summed E-state index contributed by atoms with van der Waals surface area (Å²) in [6, 6.07) is 15.6. The number of benzene rings is 1. The van der Waals surface area contributed by atoms with Crippen LogP contribution in [-0.4, -0.2) is 22.3 Å². The molecule has 0 fully saturated rings. The van der Waals surface area contributed by atoms with Crippen LogP contribution in [-0.2, 0) is 19.4 Å². The molecule has 0 spiro atoms. The van der Waals surface area contributed by atoms with Crippen LogP contribution in [0.3, 0.4) is 0 Å². The second-order valence-electron chi connectivity index (χ2n) is 3.76. The van der Waals surface area contributed by atoms with Gasteiger partial charge in [0.15, 0.2) is 0 Å². The normalized spacial score (nSPS) is 9.89. The Balaban J connectivity index is 1.65. The average molecular weight is 425 g/mol. The Morgan fingerprint density at radius 2 is 1.89 bits per heavy atom. The first-order valence-corrected chi connectivity index (χ1v) is 7.45. The Morgan fingerprint density at radius 1 is 1.11 bits per heavy atom. The van der Waals surface area contributed by atoms with Crippen molar-refractivity contribution < 1.29 is 24.1 Å². The van der Waals surface area contributed by atoms with Crippen LogP contribution in [0.15, 0.2) is 54.7 Å². The summed E-state index contributed by atoms with van der Waals surface area (Å²) in [5.41, 5.74) is 0. The first kappa shape index (κ1) is 13.9. The molecule has 0 aliphatic carbocycles. The van der Waals surface area contributed by atoms with Gasteiger partial charge in [-0.05, 0) is 0 Å². The molecule has 0 radical (unpaired) electrons. The van der Waals surface area contributed by atoms with Gasteiger partial charge in [-0.15, -0.1) is 0 Å². The van der Waals surface area contributed by atoms with Crippen LogP contribution in [0.1, 0.15) is 0 Å². The third kappa shape index (κ3) is 5.33. The monoisotopic (exact) mass is 425 g/mol. The van der Waals surface area contributed by atoms with Gasteiger partial charge >= 0.3 is 123 Å². The number of pyridine rings is 1. The molecule has 5 heteroatoms. The molecule has 2 N–H and O–H groups in total.